The highest BCUT2D eigenvalue weighted by Gasteiger charge is 2.25. The molecule has 1 aromatic rings. The molecule has 0 aromatic heterocycles. The number of nitrogens with zero attached hydrogens (tertiary/aromatic N) is 2. The van der Waals surface area contributed by atoms with Gasteiger partial charge in [0.15, 0.2) is 6.29 Å². The highest BCUT2D eigenvalue weighted by molar-refractivity contribution is 6.02. The van der Waals surface area contributed by atoms with Crippen molar-refractivity contribution in [3.05, 3.63) is 27.8 Å². The smallest absolute Gasteiger partial charge is 0.254 e. The zero-order valence-electron chi connectivity index (χ0n) is 16.4. The Bertz CT molecular complexity index is 691. The Labute approximate surface area is 159 Å². The van der Waals surface area contributed by atoms with E-state index in [4.69, 9.17) is 5.11 Å². The molecule has 8 nitrogen and oxygen atoms in total. The highest BCUT2D eigenvalue weighted by atomic mass is 16.3. The lowest BCUT2D eigenvalue weighted by Gasteiger charge is -2.27. The number of aldehydes is 1. The number of nitrogens with one attached hydrogen (secondary N) is 1. The number of anilines is 1. The van der Waals surface area contributed by atoms with E-state index in [9.17, 15) is 19.5 Å². The topological polar surface area (TPSA) is 110 Å². The van der Waals surface area contributed by atoms with Crippen molar-refractivity contribution >= 4 is 24.3 Å². The lowest BCUT2D eigenvalue weighted by molar-refractivity contribution is -0.118. The van der Waals surface area contributed by atoms with Gasteiger partial charge in [-0.15, -0.1) is 0 Å². The van der Waals surface area contributed by atoms with Gasteiger partial charge in [-0.2, -0.15) is 0 Å². The Kier molecular flexibility index (Phi) is 8.90. The third kappa shape index (κ3) is 5.05. The summed E-state index contributed by atoms with van der Waals surface area (Å²) in [5, 5.41) is 21.4. The van der Waals surface area contributed by atoms with Crippen LogP contribution in [0.5, 0.6) is 0 Å². The summed E-state index contributed by atoms with van der Waals surface area (Å²) in [6.07, 6.45) is 1.36. The van der Waals surface area contributed by atoms with Gasteiger partial charge in [0, 0.05) is 50.0 Å². The molecule has 0 aliphatic rings. The van der Waals surface area contributed by atoms with E-state index < -0.39 is 0 Å². The fraction of sp³-hybridized carbons (Fsp3) is 0.526. The summed E-state index contributed by atoms with van der Waals surface area (Å²) in [5.74, 6) is -0.312. The van der Waals surface area contributed by atoms with Crippen molar-refractivity contribution < 1.29 is 24.6 Å². The molecule has 27 heavy (non-hydrogen) atoms. The summed E-state index contributed by atoms with van der Waals surface area (Å²) in [5.41, 5.74) is 3.71. The van der Waals surface area contributed by atoms with Crippen molar-refractivity contribution in [2.45, 2.75) is 20.8 Å². The van der Waals surface area contributed by atoms with Crippen molar-refractivity contribution in [2.75, 3.05) is 51.8 Å². The number of benzene rings is 1. The van der Waals surface area contributed by atoms with E-state index in [1.807, 2.05) is 13.8 Å². The molecular formula is C19H29N3O5. The maximum Gasteiger partial charge on any atom is 0.254 e. The number of carbonyl (C=O) groups excluding carboxylic acids is 3. The SMILES string of the molecule is CNc1c(C)c(C=O)c(C)c(C(=O)N(CCO)CCN(C=O)CCO)c1C. The number of carbonyl (C=O) groups is 3. The molecule has 0 bridgehead atoms. The van der Waals surface area contributed by atoms with Crippen molar-refractivity contribution in [2.24, 2.45) is 0 Å². The number of aliphatic hydroxyl groups excluding tert-OH is 2. The standard InChI is InChI=1S/C19H29N3O5/c1-13-16(11-25)14(2)18(20-4)15(3)17(13)19(27)22(8-10-24)6-5-21(12-26)7-9-23/h11-12,20,23-24H,5-10H2,1-4H3. The summed E-state index contributed by atoms with van der Waals surface area (Å²) in [7, 11) is 1.73. The first-order valence-electron chi connectivity index (χ1n) is 8.84. The van der Waals surface area contributed by atoms with Crippen LogP contribution >= 0.6 is 0 Å². The molecule has 2 amide bonds. The molecule has 0 unspecified atom stereocenters. The van der Waals surface area contributed by atoms with Crippen LogP contribution in [0, 0.1) is 20.8 Å². The fourth-order valence-corrected chi connectivity index (χ4v) is 3.30. The predicted molar refractivity (Wildman–Crippen MR) is 103 cm³/mol. The molecule has 0 saturated heterocycles. The number of hydrogen-bond donors (Lipinski definition) is 3. The summed E-state index contributed by atoms with van der Waals surface area (Å²) >= 11 is 0. The minimum atomic E-state index is -0.312. The van der Waals surface area contributed by atoms with Gasteiger partial charge in [-0.1, -0.05) is 0 Å². The van der Waals surface area contributed by atoms with Crippen LogP contribution in [0.4, 0.5) is 5.69 Å². The molecule has 0 atom stereocenters. The number of hydrogen-bond acceptors (Lipinski definition) is 6. The second kappa shape index (κ2) is 10.6. The van der Waals surface area contributed by atoms with Crippen LogP contribution in [-0.4, -0.2) is 85.1 Å². The van der Waals surface area contributed by atoms with Crippen LogP contribution in [0.15, 0.2) is 0 Å². The first-order valence-corrected chi connectivity index (χ1v) is 8.84. The van der Waals surface area contributed by atoms with Crippen LogP contribution < -0.4 is 5.32 Å². The quantitative estimate of drug-likeness (QED) is 0.479. The van der Waals surface area contributed by atoms with Crippen molar-refractivity contribution in [1.82, 2.24) is 9.80 Å². The van der Waals surface area contributed by atoms with Gasteiger partial charge in [-0.05, 0) is 37.5 Å². The largest absolute Gasteiger partial charge is 0.395 e. The molecule has 0 aliphatic carbocycles. The monoisotopic (exact) mass is 379 g/mol. The summed E-state index contributed by atoms with van der Waals surface area (Å²) < 4.78 is 0. The molecule has 3 N–H and O–H groups in total. The van der Waals surface area contributed by atoms with E-state index >= 15 is 0 Å². The Hall–Kier alpha value is -2.45. The van der Waals surface area contributed by atoms with E-state index in [-0.39, 0.29) is 45.3 Å². The summed E-state index contributed by atoms with van der Waals surface area (Å²) in [4.78, 5) is 38.6. The molecule has 0 fully saturated rings. The molecule has 1 rings (SSSR count). The van der Waals surface area contributed by atoms with Gasteiger partial charge in [0.1, 0.15) is 0 Å². The molecule has 0 saturated carbocycles. The first-order chi connectivity index (χ1) is 12.9. The molecule has 150 valence electrons. The van der Waals surface area contributed by atoms with Gasteiger partial charge in [0.2, 0.25) is 6.41 Å². The van der Waals surface area contributed by atoms with Crippen LogP contribution in [0.2, 0.25) is 0 Å². The minimum absolute atomic E-state index is 0.0999. The molecule has 0 heterocycles. The van der Waals surface area contributed by atoms with E-state index in [0.29, 0.717) is 23.1 Å². The fourth-order valence-electron chi connectivity index (χ4n) is 3.30. The molecule has 8 heteroatoms. The Balaban J connectivity index is 3.29. The number of amides is 2. The normalized spacial score (nSPS) is 10.4. The van der Waals surface area contributed by atoms with Gasteiger partial charge in [0.05, 0.1) is 13.2 Å². The van der Waals surface area contributed by atoms with Gasteiger partial charge in [0.25, 0.3) is 5.91 Å². The molecule has 1 aromatic carbocycles. The second-order valence-electron chi connectivity index (χ2n) is 6.29. The lowest BCUT2D eigenvalue weighted by atomic mass is 9.91. The Morgan fingerprint density at radius 2 is 1.59 bits per heavy atom. The predicted octanol–water partition coefficient (Wildman–Crippen LogP) is 0.351. The summed E-state index contributed by atoms with van der Waals surface area (Å²) in [6, 6.07) is 0. The first kappa shape index (κ1) is 22.6. The molecule has 0 spiro atoms. The third-order valence-electron chi connectivity index (χ3n) is 4.74. The number of aliphatic hydroxyl groups is 2. The molecular weight excluding hydrogens is 350 g/mol. The van der Waals surface area contributed by atoms with Crippen LogP contribution in [0.1, 0.15) is 37.4 Å². The average molecular weight is 379 g/mol. The van der Waals surface area contributed by atoms with Crippen LogP contribution in [0.3, 0.4) is 0 Å². The van der Waals surface area contributed by atoms with Crippen molar-refractivity contribution in [1.29, 1.82) is 0 Å². The van der Waals surface area contributed by atoms with Crippen LogP contribution in [-0.2, 0) is 4.79 Å². The maximum atomic E-state index is 13.2. The van der Waals surface area contributed by atoms with Gasteiger partial charge in [-0.25, -0.2) is 0 Å². The van der Waals surface area contributed by atoms with Gasteiger partial charge < -0.3 is 25.3 Å². The Morgan fingerprint density at radius 1 is 0.963 bits per heavy atom. The number of rotatable bonds is 11. The van der Waals surface area contributed by atoms with Gasteiger partial charge in [-0.3, -0.25) is 14.4 Å². The zero-order chi connectivity index (χ0) is 20.6. The van der Waals surface area contributed by atoms with Crippen LogP contribution in [0.25, 0.3) is 0 Å². The summed E-state index contributed by atoms with van der Waals surface area (Å²) in [6.45, 7) is 5.69. The molecule has 0 aliphatic heterocycles. The average Bonchev–Trinajstić information content (AvgIpc) is 2.64. The van der Waals surface area contributed by atoms with E-state index in [1.54, 1.807) is 14.0 Å². The zero-order valence-corrected chi connectivity index (χ0v) is 16.4. The van der Waals surface area contributed by atoms with E-state index in [0.717, 1.165) is 23.1 Å². The minimum Gasteiger partial charge on any atom is -0.395 e. The third-order valence-corrected chi connectivity index (χ3v) is 4.74. The van der Waals surface area contributed by atoms with Gasteiger partial charge >= 0.3 is 0 Å². The second-order valence-corrected chi connectivity index (χ2v) is 6.29. The molecule has 0 radical (unpaired) electrons. The Morgan fingerprint density at radius 3 is 2.07 bits per heavy atom. The van der Waals surface area contributed by atoms with E-state index in [1.165, 1.54) is 9.80 Å². The van der Waals surface area contributed by atoms with Crippen molar-refractivity contribution in [3.63, 3.8) is 0 Å². The van der Waals surface area contributed by atoms with E-state index in [2.05, 4.69) is 5.32 Å². The maximum absolute atomic E-state index is 13.2. The highest BCUT2D eigenvalue weighted by Crippen LogP contribution is 2.31. The van der Waals surface area contributed by atoms with Crippen molar-refractivity contribution in [3.8, 4) is 0 Å². The lowest BCUT2D eigenvalue weighted by Crippen LogP contribution is -2.41.